The van der Waals surface area contributed by atoms with Crippen LogP contribution in [0, 0.1) is 5.92 Å². The number of hydrogen-bond donors (Lipinski definition) is 1. The molecule has 1 aliphatic carbocycles. The van der Waals surface area contributed by atoms with Gasteiger partial charge in [0.15, 0.2) is 0 Å². The van der Waals surface area contributed by atoms with Gasteiger partial charge < -0.3 is 14.8 Å². The highest BCUT2D eigenvalue weighted by Gasteiger charge is 2.32. The lowest BCUT2D eigenvalue weighted by Crippen LogP contribution is -2.50. The molecular weight excluding hydrogens is 414 g/mol. The van der Waals surface area contributed by atoms with Crippen LogP contribution in [0.15, 0.2) is 41.4 Å². The van der Waals surface area contributed by atoms with Crippen molar-refractivity contribution in [1.82, 2.24) is 10.2 Å². The number of likely N-dealkylation sites (tertiary alicyclic amines) is 1. The summed E-state index contributed by atoms with van der Waals surface area (Å²) in [5.41, 5.74) is 2.42. The number of amides is 1. The van der Waals surface area contributed by atoms with Crippen molar-refractivity contribution in [2.75, 3.05) is 41.0 Å². The predicted octanol–water partition coefficient (Wildman–Crippen LogP) is 4.05. The van der Waals surface area contributed by atoms with Crippen LogP contribution in [0.3, 0.4) is 0 Å². The highest BCUT2D eigenvalue weighted by atomic mass is 16.5. The number of ether oxygens (including phenoxy) is 2. The Morgan fingerprint density at radius 3 is 2.70 bits per heavy atom. The number of carbonyl (C=O) groups is 1. The zero-order valence-corrected chi connectivity index (χ0v) is 20.2. The lowest BCUT2D eigenvalue weighted by molar-refractivity contribution is -0.125. The molecule has 1 amide bonds. The van der Waals surface area contributed by atoms with Crippen molar-refractivity contribution in [2.24, 2.45) is 10.9 Å². The van der Waals surface area contributed by atoms with Crippen molar-refractivity contribution >= 4 is 22.4 Å². The maximum atomic E-state index is 12.0. The van der Waals surface area contributed by atoms with Gasteiger partial charge in [-0.3, -0.25) is 14.7 Å². The Hall–Kier alpha value is -2.44. The molecule has 2 aromatic rings. The van der Waals surface area contributed by atoms with Crippen LogP contribution in [0.2, 0.25) is 0 Å². The Balaban J connectivity index is 1.44. The zero-order valence-electron chi connectivity index (χ0n) is 20.2. The molecule has 0 radical (unpaired) electrons. The molecule has 6 nitrogen and oxygen atoms in total. The Kier molecular flexibility index (Phi) is 7.99. The SMILES string of the molecule is CN=C(c1ccc2cc(OC)ccc2c1)C1CCCN(C2CCCC(NC(=O)COC)C2)C1. The summed E-state index contributed by atoms with van der Waals surface area (Å²) in [6.07, 6.45) is 6.81. The number of nitrogens with zero attached hydrogens (tertiary/aromatic N) is 2. The average molecular weight is 452 g/mol. The van der Waals surface area contributed by atoms with Crippen LogP contribution in [0.5, 0.6) is 5.75 Å². The van der Waals surface area contributed by atoms with Crippen LogP contribution < -0.4 is 10.1 Å². The number of aliphatic imine (C=N–C) groups is 1. The smallest absolute Gasteiger partial charge is 0.246 e. The highest BCUT2D eigenvalue weighted by molar-refractivity contribution is 6.05. The molecule has 1 heterocycles. The minimum Gasteiger partial charge on any atom is -0.497 e. The van der Waals surface area contributed by atoms with E-state index in [1.807, 2.05) is 13.1 Å². The second-order valence-electron chi connectivity index (χ2n) is 9.39. The molecule has 3 atom stereocenters. The molecule has 2 fully saturated rings. The van der Waals surface area contributed by atoms with E-state index in [-0.39, 0.29) is 18.6 Å². The molecule has 1 saturated heterocycles. The molecular formula is C27H37N3O3. The van der Waals surface area contributed by atoms with Gasteiger partial charge in [-0.1, -0.05) is 18.2 Å². The molecule has 0 aromatic heterocycles. The van der Waals surface area contributed by atoms with Gasteiger partial charge >= 0.3 is 0 Å². The van der Waals surface area contributed by atoms with Gasteiger partial charge in [0.1, 0.15) is 12.4 Å². The predicted molar refractivity (Wildman–Crippen MR) is 133 cm³/mol. The van der Waals surface area contributed by atoms with Crippen molar-refractivity contribution in [3.8, 4) is 5.75 Å². The van der Waals surface area contributed by atoms with Gasteiger partial charge in [0, 0.05) is 44.4 Å². The van der Waals surface area contributed by atoms with Gasteiger partial charge in [0.05, 0.1) is 7.11 Å². The van der Waals surface area contributed by atoms with Crippen LogP contribution in [-0.4, -0.2) is 69.6 Å². The summed E-state index contributed by atoms with van der Waals surface area (Å²) in [4.78, 5) is 19.4. The first kappa shape index (κ1) is 23.7. The second kappa shape index (κ2) is 11.1. The fourth-order valence-electron chi connectivity index (χ4n) is 5.65. The van der Waals surface area contributed by atoms with Gasteiger partial charge in [0.25, 0.3) is 0 Å². The van der Waals surface area contributed by atoms with Gasteiger partial charge in [-0.2, -0.15) is 0 Å². The normalized spacial score (nSPS) is 24.6. The number of carbonyl (C=O) groups excluding carboxylic acids is 1. The van der Waals surface area contributed by atoms with Crippen LogP contribution in [0.1, 0.15) is 44.1 Å². The number of nitrogens with one attached hydrogen (secondary N) is 1. The summed E-state index contributed by atoms with van der Waals surface area (Å²) >= 11 is 0. The lowest BCUT2D eigenvalue weighted by Gasteiger charge is -2.42. The van der Waals surface area contributed by atoms with Gasteiger partial charge in [-0.15, -0.1) is 0 Å². The average Bonchev–Trinajstić information content (AvgIpc) is 2.84. The van der Waals surface area contributed by atoms with E-state index in [0.29, 0.717) is 12.0 Å². The quantitative estimate of drug-likeness (QED) is 0.645. The van der Waals surface area contributed by atoms with Crippen molar-refractivity contribution in [3.63, 3.8) is 0 Å². The largest absolute Gasteiger partial charge is 0.497 e. The molecule has 2 aromatic carbocycles. The number of hydrogen-bond acceptors (Lipinski definition) is 5. The fourth-order valence-corrected chi connectivity index (χ4v) is 5.65. The maximum Gasteiger partial charge on any atom is 0.246 e. The van der Waals surface area contributed by atoms with Crippen LogP contribution in [0.4, 0.5) is 0 Å². The van der Waals surface area contributed by atoms with Crippen molar-refractivity contribution < 1.29 is 14.3 Å². The van der Waals surface area contributed by atoms with Crippen molar-refractivity contribution in [3.05, 3.63) is 42.0 Å². The summed E-state index contributed by atoms with van der Waals surface area (Å²) in [5, 5.41) is 5.56. The summed E-state index contributed by atoms with van der Waals surface area (Å²) in [7, 11) is 5.19. The summed E-state index contributed by atoms with van der Waals surface area (Å²) < 4.78 is 10.3. The van der Waals surface area contributed by atoms with E-state index in [1.54, 1.807) is 14.2 Å². The first-order valence-electron chi connectivity index (χ1n) is 12.2. The van der Waals surface area contributed by atoms with E-state index in [9.17, 15) is 4.79 Å². The van der Waals surface area contributed by atoms with Gasteiger partial charge in [-0.25, -0.2) is 0 Å². The molecule has 1 aliphatic heterocycles. The van der Waals surface area contributed by atoms with Gasteiger partial charge in [0.2, 0.25) is 5.91 Å². The lowest BCUT2D eigenvalue weighted by atomic mass is 9.84. The molecule has 6 heteroatoms. The summed E-state index contributed by atoms with van der Waals surface area (Å²) in [6, 6.07) is 13.6. The van der Waals surface area contributed by atoms with E-state index < -0.39 is 0 Å². The first-order valence-corrected chi connectivity index (χ1v) is 12.2. The van der Waals surface area contributed by atoms with Crippen molar-refractivity contribution in [2.45, 2.75) is 50.6 Å². The minimum atomic E-state index is -0.00556. The number of fused-ring (bicyclic) bond motifs is 1. The molecule has 3 unspecified atom stereocenters. The molecule has 4 rings (SSSR count). The Morgan fingerprint density at radius 2 is 1.91 bits per heavy atom. The van der Waals surface area contributed by atoms with E-state index >= 15 is 0 Å². The van der Waals surface area contributed by atoms with Gasteiger partial charge in [-0.05, 0) is 79.6 Å². The minimum absolute atomic E-state index is 0.00556. The number of rotatable bonds is 7. The van der Waals surface area contributed by atoms with Crippen LogP contribution >= 0.6 is 0 Å². The highest BCUT2D eigenvalue weighted by Crippen LogP contribution is 2.30. The van der Waals surface area contributed by atoms with E-state index in [4.69, 9.17) is 14.5 Å². The Labute approximate surface area is 197 Å². The fraction of sp³-hybridized carbons (Fsp3) is 0.556. The Morgan fingerprint density at radius 1 is 1.09 bits per heavy atom. The van der Waals surface area contributed by atoms with Crippen LogP contribution in [-0.2, 0) is 9.53 Å². The van der Waals surface area contributed by atoms with Crippen LogP contribution in [0.25, 0.3) is 10.8 Å². The monoisotopic (exact) mass is 451 g/mol. The maximum absolute atomic E-state index is 12.0. The second-order valence-corrected chi connectivity index (χ2v) is 9.39. The first-order chi connectivity index (χ1) is 16.1. The molecule has 1 N–H and O–H groups in total. The molecule has 2 aliphatic rings. The topological polar surface area (TPSA) is 63.2 Å². The number of piperidine rings is 1. The number of benzene rings is 2. The molecule has 0 spiro atoms. The molecule has 1 saturated carbocycles. The number of methoxy groups -OCH3 is 2. The molecule has 33 heavy (non-hydrogen) atoms. The molecule has 0 bridgehead atoms. The zero-order chi connectivity index (χ0) is 23.2. The standard InChI is InChI=1S/C27H37N3O3/c1-28-27(21-10-9-20-15-25(33-3)12-11-19(20)14-21)22-6-5-13-30(17-22)24-8-4-7-23(16-24)29-26(31)18-32-2/h9-12,14-15,22-24H,4-8,13,16-18H2,1-3H3,(H,29,31). The third-order valence-electron chi connectivity index (χ3n) is 7.23. The van der Waals surface area contributed by atoms with E-state index in [2.05, 4.69) is 40.5 Å². The third kappa shape index (κ3) is 5.74. The van der Waals surface area contributed by atoms with Crippen molar-refractivity contribution in [1.29, 1.82) is 0 Å². The van der Waals surface area contributed by atoms with E-state index in [1.165, 1.54) is 41.3 Å². The Bertz CT molecular complexity index is 990. The molecule has 178 valence electrons. The summed E-state index contributed by atoms with van der Waals surface area (Å²) in [6.45, 7) is 2.31. The van der Waals surface area contributed by atoms with E-state index in [0.717, 1.165) is 38.1 Å². The summed E-state index contributed by atoms with van der Waals surface area (Å²) in [5.74, 6) is 1.31. The third-order valence-corrected chi connectivity index (χ3v) is 7.23.